The van der Waals surface area contributed by atoms with Crippen molar-refractivity contribution in [2.75, 3.05) is 39.3 Å². The predicted octanol–water partition coefficient (Wildman–Crippen LogP) is 4.73. The number of hydrogen-bond donors (Lipinski definition) is 1. The molecule has 1 fully saturated rings. The summed E-state index contributed by atoms with van der Waals surface area (Å²) in [5, 5.41) is 14.9. The highest BCUT2D eigenvalue weighted by molar-refractivity contribution is 8.18. The van der Waals surface area contributed by atoms with Gasteiger partial charge in [-0.15, -0.1) is 0 Å². The number of rotatable bonds is 5. The highest BCUT2D eigenvalue weighted by atomic mass is 35.5. The van der Waals surface area contributed by atoms with Gasteiger partial charge in [-0.25, -0.2) is 0 Å². The molecule has 0 atom stereocenters. The zero-order valence-corrected chi connectivity index (χ0v) is 21.9. The van der Waals surface area contributed by atoms with Crippen molar-refractivity contribution in [3.63, 3.8) is 0 Å². The van der Waals surface area contributed by atoms with E-state index in [2.05, 4.69) is 19.9 Å². The minimum Gasteiger partial charge on any atom is -0.395 e. The SMILES string of the molecule is O=C1N=C(N2CCCN(CCO)CC2)S/C1=C\c1ccc2c(cnn2Cc2ccc(Cl)cc2C(F)(F)F)c1. The third kappa shape index (κ3) is 5.90. The number of thioether (sulfide) groups is 1. The first-order valence-corrected chi connectivity index (χ1v) is 13.3. The fourth-order valence-corrected chi connectivity index (χ4v) is 5.78. The quantitative estimate of drug-likeness (QED) is 0.453. The number of benzene rings is 2. The molecule has 0 aliphatic carbocycles. The number of aliphatic imine (C=N–C) groups is 1. The smallest absolute Gasteiger partial charge is 0.395 e. The molecule has 1 N–H and O–H groups in total. The van der Waals surface area contributed by atoms with E-state index in [1.807, 2.05) is 12.1 Å². The third-order valence-electron chi connectivity index (χ3n) is 6.55. The van der Waals surface area contributed by atoms with Crippen LogP contribution in [0.3, 0.4) is 0 Å². The number of carbonyl (C=O) groups excluding carboxylic acids is 1. The minimum atomic E-state index is -4.53. The number of fused-ring (bicyclic) bond motifs is 1. The molecule has 1 amide bonds. The maximum absolute atomic E-state index is 13.5. The maximum atomic E-state index is 13.5. The van der Waals surface area contributed by atoms with Crippen molar-refractivity contribution in [3.05, 3.63) is 69.2 Å². The Morgan fingerprint density at radius 3 is 2.74 bits per heavy atom. The van der Waals surface area contributed by atoms with E-state index in [9.17, 15) is 23.1 Å². The summed E-state index contributed by atoms with van der Waals surface area (Å²) in [4.78, 5) is 21.7. The molecule has 0 saturated carbocycles. The Morgan fingerprint density at radius 2 is 1.95 bits per heavy atom. The molecule has 0 spiro atoms. The molecule has 38 heavy (non-hydrogen) atoms. The number of carbonyl (C=O) groups is 1. The second kappa shape index (κ2) is 11.1. The summed E-state index contributed by atoms with van der Waals surface area (Å²) in [6, 6.07) is 9.18. The van der Waals surface area contributed by atoms with Crippen LogP contribution in [0.1, 0.15) is 23.1 Å². The Kier molecular flexibility index (Phi) is 7.80. The minimum absolute atomic E-state index is 0.0232. The normalized spacial score (nSPS) is 18.4. The number of aliphatic hydroxyl groups excluding tert-OH is 1. The molecule has 200 valence electrons. The molecule has 12 heteroatoms. The van der Waals surface area contributed by atoms with Gasteiger partial charge in [-0.3, -0.25) is 14.4 Å². The largest absolute Gasteiger partial charge is 0.416 e. The van der Waals surface area contributed by atoms with Gasteiger partial charge in [0.15, 0.2) is 5.17 Å². The summed E-state index contributed by atoms with van der Waals surface area (Å²) in [7, 11) is 0. The van der Waals surface area contributed by atoms with Crippen molar-refractivity contribution in [2.45, 2.75) is 19.1 Å². The van der Waals surface area contributed by atoms with Crippen LogP contribution in [0.4, 0.5) is 13.2 Å². The topological polar surface area (TPSA) is 74.0 Å². The molecular formula is C26H25ClF3N5O2S. The molecule has 0 radical (unpaired) electrons. The molecule has 0 bridgehead atoms. The van der Waals surface area contributed by atoms with Gasteiger partial charge >= 0.3 is 6.18 Å². The Morgan fingerprint density at radius 1 is 1.11 bits per heavy atom. The van der Waals surface area contributed by atoms with Gasteiger partial charge in [-0.2, -0.15) is 23.3 Å². The van der Waals surface area contributed by atoms with Crippen molar-refractivity contribution >= 4 is 51.4 Å². The van der Waals surface area contributed by atoms with Crippen LogP contribution in [-0.4, -0.2) is 75.1 Å². The summed E-state index contributed by atoms with van der Waals surface area (Å²) in [5.41, 5.74) is 0.739. The van der Waals surface area contributed by atoms with Crippen LogP contribution in [0, 0.1) is 0 Å². The van der Waals surface area contributed by atoms with Gasteiger partial charge in [-0.1, -0.05) is 23.7 Å². The van der Waals surface area contributed by atoms with Crippen LogP contribution >= 0.6 is 23.4 Å². The van der Waals surface area contributed by atoms with E-state index in [1.165, 1.54) is 28.6 Å². The van der Waals surface area contributed by atoms with E-state index in [0.29, 0.717) is 22.1 Å². The number of β-amino-alcohol motifs (C(OH)–C–C–N with tert-alkyl or cyclic N) is 1. The molecule has 3 heterocycles. The highest BCUT2D eigenvalue weighted by Gasteiger charge is 2.34. The van der Waals surface area contributed by atoms with Crippen molar-refractivity contribution in [1.29, 1.82) is 0 Å². The Labute approximate surface area is 226 Å². The Bertz CT molecular complexity index is 1420. The van der Waals surface area contributed by atoms with Gasteiger partial charge in [0.05, 0.1) is 35.3 Å². The summed E-state index contributed by atoms with van der Waals surface area (Å²) in [6.45, 7) is 3.93. The zero-order chi connectivity index (χ0) is 26.9. The van der Waals surface area contributed by atoms with Crippen LogP contribution in [0.2, 0.25) is 5.02 Å². The average Bonchev–Trinajstić information content (AvgIpc) is 3.34. The van der Waals surface area contributed by atoms with Crippen LogP contribution in [0.5, 0.6) is 0 Å². The van der Waals surface area contributed by atoms with E-state index in [4.69, 9.17) is 11.6 Å². The van der Waals surface area contributed by atoms with Crippen LogP contribution < -0.4 is 0 Å². The number of amidine groups is 1. The molecule has 1 aromatic heterocycles. The monoisotopic (exact) mass is 563 g/mol. The number of aromatic nitrogens is 2. The summed E-state index contributed by atoms with van der Waals surface area (Å²) < 4.78 is 42.1. The Hall–Kier alpha value is -2.86. The molecule has 2 aliphatic heterocycles. The lowest BCUT2D eigenvalue weighted by Crippen LogP contribution is -2.34. The number of hydrogen-bond acceptors (Lipinski definition) is 6. The number of amides is 1. The van der Waals surface area contributed by atoms with Gasteiger partial charge in [0.2, 0.25) is 0 Å². The van der Waals surface area contributed by atoms with Gasteiger partial charge in [0.1, 0.15) is 0 Å². The van der Waals surface area contributed by atoms with E-state index >= 15 is 0 Å². The van der Waals surface area contributed by atoms with Gasteiger partial charge in [-0.05, 0) is 66.2 Å². The van der Waals surface area contributed by atoms with Crippen LogP contribution in [-0.2, 0) is 17.5 Å². The molecular weight excluding hydrogens is 539 g/mol. The summed E-state index contributed by atoms with van der Waals surface area (Å²) in [6.07, 6.45) is -0.229. The lowest BCUT2D eigenvalue weighted by molar-refractivity contribution is -0.138. The molecule has 7 nitrogen and oxygen atoms in total. The summed E-state index contributed by atoms with van der Waals surface area (Å²) >= 11 is 7.14. The van der Waals surface area contributed by atoms with E-state index in [-0.39, 0.29) is 29.6 Å². The van der Waals surface area contributed by atoms with Crippen molar-refractivity contribution < 1.29 is 23.1 Å². The van der Waals surface area contributed by atoms with Crippen molar-refractivity contribution in [2.24, 2.45) is 4.99 Å². The standard InChI is InChI=1S/C26H25ClF3N5O2S/c27-20-4-3-18(21(14-20)26(28,29)30)16-35-22-5-2-17(12-19(22)15-31-35)13-23-24(37)32-25(38-23)34-7-1-6-33(8-9-34)10-11-36/h2-5,12-15,36H,1,6-11,16H2/b23-13-. The van der Waals surface area contributed by atoms with Crippen molar-refractivity contribution in [1.82, 2.24) is 19.6 Å². The fraction of sp³-hybridized carbons (Fsp3) is 0.346. The molecule has 0 unspecified atom stereocenters. The predicted molar refractivity (Wildman–Crippen MR) is 143 cm³/mol. The number of alkyl halides is 3. The molecule has 2 aromatic carbocycles. The maximum Gasteiger partial charge on any atom is 0.416 e. The lowest BCUT2D eigenvalue weighted by Gasteiger charge is -2.21. The average molecular weight is 564 g/mol. The number of nitrogens with zero attached hydrogens (tertiary/aromatic N) is 5. The highest BCUT2D eigenvalue weighted by Crippen LogP contribution is 2.35. The fourth-order valence-electron chi connectivity index (χ4n) is 4.64. The first kappa shape index (κ1) is 26.7. The third-order valence-corrected chi connectivity index (χ3v) is 7.83. The van der Waals surface area contributed by atoms with Crippen LogP contribution in [0.15, 0.2) is 52.5 Å². The van der Waals surface area contributed by atoms with E-state index in [1.54, 1.807) is 18.3 Å². The zero-order valence-electron chi connectivity index (χ0n) is 20.3. The van der Waals surface area contributed by atoms with Gasteiger partial charge in [0, 0.05) is 36.6 Å². The first-order chi connectivity index (χ1) is 18.2. The summed E-state index contributed by atoms with van der Waals surface area (Å²) in [5.74, 6) is -0.292. The van der Waals surface area contributed by atoms with Crippen LogP contribution in [0.25, 0.3) is 17.0 Å². The Balaban J connectivity index is 1.31. The second-order valence-electron chi connectivity index (χ2n) is 9.14. The number of aliphatic hydroxyl groups is 1. The molecule has 3 aromatic rings. The number of halogens is 4. The van der Waals surface area contributed by atoms with Crippen molar-refractivity contribution in [3.8, 4) is 0 Å². The van der Waals surface area contributed by atoms with E-state index < -0.39 is 11.7 Å². The first-order valence-electron chi connectivity index (χ1n) is 12.1. The van der Waals surface area contributed by atoms with E-state index in [0.717, 1.165) is 49.6 Å². The second-order valence-corrected chi connectivity index (χ2v) is 10.6. The van der Waals surface area contributed by atoms with Gasteiger partial charge < -0.3 is 10.0 Å². The molecule has 2 aliphatic rings. The lowest BCUT2D eigenvalue weighted by atomic mass is 10.1. The molecule has 5 rings (SSSR count). The molecule has 1 saturated heterocycles. The van der Waals surface area contributed by atoms with Gasteiger partial charge in [0.25, 0.3) is 5.91 Å².